The lowest BCUT2D eigenvalue weighted by Gasteiger charge is -2.24. The van der Waals surface area contributed by atoms with Gasteiger partial charge in [-0.3, -0.25) is 24.6 Å². The van der Waals surface area contributed by atoms with E-state index in [-0.39, 0.29) is 15.8 Å². The number of para-hydroxylation sites is 1. The van der Waals surface area contributed by atoms with Crippen molar-refractivity contribution in [3.05, 3.63) is 52.5 Å². The molecule has 0 radical (unpaired) electrons. The Bertz CT molecular complexity index is 1090. The summed E-state index contributed by atoms with van der Waals surface area (Å²) in [7, 11) is -1.92. The number of carbonyl (C=O) groups is 2. The van der Waals surface area contributed by atoms with E-state index in [0.29, 0.717) is 15.6 Å². The van der Waals surface area contributed by atoms with Gasteiger partial charge in [0.2, 0.25) is 11.0 Å². The van der Waals surface area contributed by atoms with Gasteiger partial charge in [0.25, 0.3) is 5.91 Å². The van der Waals surface area contributed by atoms with E-state index in [1.807, 2.05) is 0 Å². The molecule has 30 heavy (non-hydrogen) atoms. The van der Waals surface area contributed by atoms with Crippen molar-refractivity contribution in [3.8, 4) is 0 Å². The standard InChI is InChI=1S/C17H14Cl2N6O3S2/c18-8-5-6-9(19)11(7-8)22-15(26)13(24-25-17(29)23-20)14-16(27)21-10-3-1-2-4-12(10)30(14)28/h1-7,14H,20H2,(H,21,27)(H,22,26)(H2,23,25,29)/b24-13-/t14-,30+/m0/s1. The minimum atomic E-state index is -1.92. The number of amides is 2. The first-order valence-electron chi connectivity index (χ1n) is 8.23. The molecule has 1 heterocycles. The van der Waals surface area contributed by atoms with E-state index in [0.717, 1.165) is 0 Å². The Hall–Kier alpha value is -2.57. The van der Waals surface area contributed by atoms with Gasteiger partial charge in [0.15, 0.2) is 11.0 Å². The lowest BCUT2D eigenvalue weighted by molar-refractivity contribution is -0.116. The zero-order valence-electron chi connectivity index (χ0n) is 14.9. The average Bonchev–Trinajstić information content (AvgIpc) is 2.72. The highest BCUT2D eigenvalue weighted by atomic mass is 35.5. The van der Waals surface area contributed by atoms with Crippen LogP contribution in [0.1, 0.15) is 0 Å². The third kappa shape index (κ3) is 4.77. The topological polar surface area (TPSA) is 138 Å². The summed E-state index contributed by atoms with van der Waals surface area (Å²) < 4.78 is 13.1. The Morgan fingerprint density at radius 2 is 1.97 bits per heavy atom. The van der Waals surface area contributed by atoms with Crippen LogP contribution in [0, 0.1) is 0 Å². The smallest absolute Gasteiger partial charge is 0.273 e. The van der Waals surface area contributed by atoms with Gasteiger partial charge in [-0.15, -0.1) is 0 Å². The number of anilines is 2. The number of nitrogens with zero attached hydrogens (tertiary/aromatic N) is 1. The molecule has 0 fully saturated rings. The number of benzene rings is 2. The second-order valence-electron chi connectivity index (χ2n) is 5.82. The summed E-state index contributed by atoms with van der Waals surface area (Å²) in [6, 6.07) is 11.0. The summed E-state index contributed by atoms with van der Waals surface area (Å²) in [5.41, 5.74) is 4.65. The number of hydrazone groups is 1. The van der Waals surface area contributed by atoms with Crippen LogP contribution >= 0.6 is 35.4 Å². The van der Waals surface area contributed by atoms with Gasteiger partial charge >= 0.3 is 0 Å². The van der Waals surface area contributed by atoms with E-state index < -0.39 is 33.6 Å². The Morgan fingerprint density at radius 1 is 1.23 bits per heavy atom. The molecule has 13 heteroatoms. The molecule has 0 unspecified atom stereocenters. The van der Waals surface area contributed by atoms with Crippen LogP contribution in [0.25, 0.3) is 0 Å². The largest absolute Gasteiger partial charge is 0.324 e. The molecule has 2 aromatic carbocycles. The van der Waals surface area contributed by atoms with Crippen LogP contribution in [0.5, 0.6) is 0 Å². The molecular weight excluding hydrogens is 471 g/mol. The normalized spacial score (nSPS) is 18.1. The van der Waals surface area contributed by atoms with E-state index in [1.54, 1.807) is 30.3 Å². The van der Waals surface area contributed by atoms with Crippen molar-refractivity contribution in [2.45, 2.75) is 10.1 Å². The summed E-state index contributed by atoms with van der Waals surface area (Å²) in [4.78, 5) is 26.0. The van der Waals surface area contributed by atoms with Crippen LogP contribution in [0.4, 0.5) is 11.4 Å². The third-order valence-corrected chi connectivity index (χ3v) is 6.31. The fourth-order valence-corrected chi connectivity index (χ4v) is 4.35. The molecule has 0 aliphatic carbocycles. The number of fused-ring (bicyclic) bond motifs is 1. The summed E-state index contributed by atoms with van der Waals surface area (Å²) in [6.07, 6.45) is 0. The van der Waals surface area contributed by atoms with Crippen molar-refractivity contribution >= 4 is 80.2 Å². The van der Waals surface area contributed by atoms with Gasteiger partial charge in [-0.1, -0.05) is 35.3 Å². The molecule has 2 atom stereocenters. The molecule has 6 N–H and O–H groups in total. The number of hydrogen-bond acceptors (Lipinski definition) is 6. The van der Waals surface area contributed by atoms with Crippen LogP contribution in [0.15, 0.2) is 52.5 Å². The Labute approximate surface area is 188 Å². The number of halogens is 2. The van der Waals surface area contributed by atoms with Gasteiger partial charge in [-0.05, 0) is 42.5 Å². The first kappa shape index (κ1) is 22.1. The average molecular weight is 485 g/mol. The lowest BCUT2D eigenvalue weighted by atomic mass is 10.2. The van der Waals surface area contributed by atoms with E-state index in [1.165, 1.54) is 12.1 Å². The number of carbonyl (C=O) groups excluding carboxylic acids is 2. The third-order valence-electron chi connectivity index (χ3n) is 3.88. The van der Waals surface area contributed by atoms with Gasteiger partial charge in [0.1, 0.15) is 0 Å². The van der Waals surface area contributed by atoms with E-state index in [4.69, 9.17) is 41.3 Å². The number of rotatable bonds is 4. The maximum Gasteiger partial charge on any atom is 0.273 e. The van der Waals surface area contributed by atoms with Gasteiger partial charge in [-0.2, -0.15) is 5.10 Å². The van der Waals surface area contributed by atoms with Crippen LogP contribution < -0.4 is 27.3 Å². The van der Waals surface area contributed by atoms with E-state index in [2.05, 4.69) is 26.6 Å². The number of nitrogens with two attached hydrogens (primary N) is 1. The summed E-state index contributed by atoms with van der Waals surface area (Å²) in [5, 5.41) is 8.01. The molecule has 0 bridgehead atoms. The molecule has 1 aliphatic heterocycles. The van der Waals surface area contributed by atoms with Gasteiger partial charge in [0, 0.05) is 5.02 Å². The molecule has 1 aliphatic rings. The first-order valence-corrected chi connectivity index (χ1v) is 10.6. The number of thiocarbonyl (C=S) groups is 1. The van der Waals surface area contributed by atoms with Crippen molar-refractivity contribution in [1.82, 2.24) is 10.9 Å². The van der Waals surface area contributed by atoms with Crippen molar-refractivity contribution in [2.75, 3.05) is 10.6 Å². The van der Waals surface area contributed by atoms with Crippen LogP contribution in [-0.4, -0.2) is 32.1 Å². The van der Waals surface area contributed by atoms with Crippen LogP contribution in [0.3, 0.4) is 0 Å². The summed E-state index contributed by atoms with van der Waals surface area (Å²) in [6.45, 7) is 0. The van der Waals surface area contributed by atoms with Crippen LogP contribution in [0.2, 0.25) is 10.0 Å². The second-order valence-corrected chi connectivity index (χ2v) is 8.58. The Kier molecular flexibility index (Phi) is 7.00. The predicted molar refractivity (Wildman–Crippen MR) is 121 cm³/mol. The Morgan fingerprint density at radius 3 is 2.70 bits per heavy atom. The SMILES string of the molecule is NNC(=S)N/N=C(\C(=O)Nc1cc(Cl)ccc1Cl)[C@H]1C(=O)Nc2ccccc2[S@]1=O. The van der Waals surface area contributed by atoms with Gasteiger partial charge in [0.05, 0.1) is 32.1 Å². The highest BCUT2D eigenvalue weighted by molar-refractivity contribution is 7.88. The highest BCUT2D eigenvalue weighted by Crippen LogP contribution is 2.29. The summed E-state index contributed by atoms with van der Waals surface area (Å²) >= 11 is 16.9. The molecular formula is C17H14Cl2N6O3S2. The summed E-state index contributed by atoms with van der Waals surface area (Å²) in [5.74, 6) is 3.69. The molecule has 0 aromatic heterocycles. The number of hydrogen-bond donors (Lipinski definition) is 5. The first-order chi connectivity index (χ1) is 14.3. The minimum Gasteiger partial charge on any atom is -0.324 e. The van der Waals surface area contributed by atoms with Gasteiger partial charge in [-0.25, -0.2) is 5.84 Å². The zero-order chi connectivity index (χ0) is 21.8. The van der Waals surface area contributed by atoms with Crippen molar-refractivity contribution in [1.29, 1.82) is 0 Å². The van der Waals surface area contributed by atoms with Crippen LogP contribution in [-0.2, 0) is 20.4 Å². The molecule has 2 aromatic rings. The zero-order valence-corrected chi connectivity index (χ0v) is 18.1. The fraction of sp³-hybridized carbons (Fsp3) is 0.0588. The monoisotopic (exact) mass is 484 g/mol. The number of hydrazine groups is 1. The molecule has 2 amide bonds. The highest BCUT2D eigenvalue weighted by Gasteiger charge is 2.40. The van der Waals surface area contributed by atoms with Gasteiger partial charge < -0.3 is 10.6 Å². The maximum atomic E-state index is 13.1. The lowest BCUT2D eigenvalue weighted by Crippen LogP contribution is -2.48. The minimum absolute atomic E-state index is 0.122. The van der Waals surface area contributed by atoms with Crippen molar-refractivity contribution < 1.29 is 13.8 Å². The second kappa shape index (κ2) is 9.49. The fourth-order valence-electron chi connectivity index (χ4n) is 2.54. The van der Waals surface area contributed by atoms with E-state index >= 15 is 0 Å². The Balaban J connectivity index is 1.99. The molecule has 156 valence electrons. The molecule has 9 nitrogen and oxygen atoms in total. The van der Waals surface area contributed by atoms with Crippen molar-refractivity contribution in [3.63, 3.8) is 0 Å². The molecule has 0 spiro atoms. The number of nitrogens with one attached hydrogen (secondary N) is 4. The molecule has 0 saturated carbocycles. The van der Waals surface area contributed by atoms with E-state index in [9.17, 15) is 13.8 Å². The quantitative estimate of drug-likeness (QED) is 0.193. The molecule has 0 saturated heterocycles. The predicted octanol–water partition coefficient (Wildman–Crippen LogP) is 1.75. The van der Waals surface area contributed by atoms with Crippen molar-refractivity contribution in [2.24, 2.45) is 10.9 Å². The molecule has 3 rings (SSSR count). The maximum absolute atomic E-state index is 13.1.